The van der Waals surface area contributed by atoms with Crippen LogP contribution in [0, 0.1) is 0 Å². The molecular weight excluding hydrogens is 250 g/mol. The summed E-state index contributed by atoms with van der Waals surface area (Å²) in [5, 5.41) is 6.72. The Balaban J connectivity index is 1.92. The van der Waals surface area contributed by atoms with Crippen LogP contribution in [0.25, 0.3) is 0 Å². The van der Waals surface area contributed by atoms with Crippen LogP contribution in [0.4, 0.5) is 4.79 Å². The summed E-state index contributed by atoms with van der Waals surface area (Å²) in [6, 6.07) is 4.00. The van der Waals surface area contributed by atoms with E-state index in [1.54, 1.807) is 11.3 Å². The van der Waals surface area contributed by atoms with Gasteiger partial charge in [0.05, 0.1) is 6.54 Å². The fourth-order valence-electron chi connectivity index (χ4n) is 2.23. The SMILES string of the molecule is CNC(=O)NC(=O)CN1CCCC1c1cccs1. The minimum absolute atomic E-state index is 0.252. The summed E-state index contributed by atoms with van der Waals surface area (Å²) in [4.78, 5) is 26.1. The number of hydrogen-bond donors (Lipinski definition) is 2. The lowest BCUT2D eigenvalue weighted by atomic mass is 10.2. The minimum Gasteiger partial charge on any atom is -0.341 e. The van der Waals surface area contributed by atoms with Crippen molar-refractivity contribution >= 4 is 23.3 Å². The molecule has 98 valence electrons. The van der Waals surface area contributed by atoms with Crippen LogP contribution in [0.15, 0.2) is 17.5 Å². The Hall–Kier alpha value is -1.40. The van der Waals surface area contributed by atoms with Crippen LogP contribution in [0.2, 0.25) is 0 Å². The highest BCUT2D eigenvalue weighted by Crippen LogP contribution is 2.33. The first kappa shape index (κ1) is 13.0. The largest absolute Gasteiger partial charge is 0.341 e. The summed E-state index contributed by atoms with van der Waals surface area (Å²) in [5.74, 6) is -0.252. The molecule has 0 aliphatic carbocycles. The summed E-state index contributed by atoms with van der Waals surface area (Å²) in [5.41, 5.74) is 0. The second-order valence-electron chi connectivity index (χ2n) is 4.27. The quantitative estimate of drug-likeness (QED) is 0.869. The van der Waals surface area contributed by atoms with Crippen molar-refractivity contribution in [3.63, 3.8) is 0 Å². The lowest BCUT2D eigenvalue weighted by Crippen LogP contribution is -2.43. The van der Waals surface area contributed by atoms with E-state index in [4.69, 9.17) is 0 Å². The van der Waals surface area contributed by atoms with E-state index in [0.29, 0.717) is 6.04 Å². The zero-order valence-electron chi connectivity index (χ0n) is 10.3. The van der Waals surface area contributed by atoms with Crippen LogP contribution in [0.3, 0.4) is 0 Å². The van der Waals surface area contributed by atoms with Gasteiger partial charge in [0.2, 0.25) is 5.91 Å². The molecule has 1 aromatic rings. The third-order valence-corrected chi connectivity index (χ3v) is 4.04. The van der Waals surface area contributed by atoms with Gasteiger partial charge < -0.3 is 5.32 Å². The summed E-state index contributed by atoms with van der Waals surface area (Å²) in [7, 11) is 1.49. The molecule has 18 heavy (non-hydrogen) atoms. The van der Waals surface area contributed by atoms with E-state index in [1.807, 2.05) is 6.07 Å². The van der Waals surface area contributed by atoms with Gasteiger partial charge in [0, 0.05) is 18.0 Å². The third kappa shape index (κ3) is 3.08. The number of carbonyl (C=O) groups excluding carboxylic acids is 2. The second-order valence-corrected chi connectivity index (χ2v) is 5.25. The van der Waals surface area contributed by atoms with Crippen molar-refractivity contribution in [1.29, 1.82) is 0 Å². The zero-order chi connectivity index (χ0) is 13.0. The number of amides is 3. The van der Waals surface area contributed by atoms with E-state index in [2.05, 4.69) is 27.0 Å². The number of likely N-dealkylation sites (tertiary alicyclic amines) is 1. The Morgan fingerprint density at radius 2 is 2.39 bits per heavy atom. The number of thiophene rings is 1. The Morgan fingerprint density at radius 1 is 1.56 bits per heavy atom. The fourth-order valence-corrected chi connectivity index (χ4v) is 3.13. The number of hydrogen-bond acceptors (Lipinski definition) is 4. The molecule has 1 saturated heterocycles. The minimum atomic E-state index is -0.452. The van der Waals surface area contributed by atoms with Crippen molar-refractivity contribution in [3.05, 3.63) is 22.4 Å². The third-order valence-electron chi connectivity index (χ3n) is 3.06. The molecule has 1 fully saturated rings. The van der Waals surface area contributed by atoms with E-state index < -0.39 is 6.03 Å². The van der Waals surface area contributed by atoms with Crippen LogP contribution in [-0.2, 0) is 4.79 Å². The topological polar surface area (TPSA) is 61.4 Å². The molecule has 0 saturated carbocycles. The van der Waals surface area contributed by atoms with Crippen LogP contribution in [0.5, 0.6) is 0 Å². The van der Waals surface area contributed by atoms with Crippen LogP contribution < -0.4 is 10.6 Å². The molecule has 1 aliphatic heterocycles. The molecule has 0 spiro atoms. The number of rotatable bonds is 3. The molecule has 1 unspecified atom stereocenters. The number of urea groups is 1. The van der Waals surface area contributed by atoms with Gasteiger partial charge in [0.15, 0.2) is 0 Å². The molecule has 1 aliphatic rings. The van der Waals surface area contributed by atoms with Crippen molar-refractivity contribution < 1.29 is 9.59 Å². The first-order chi connectivity index (χ1) is 8.70. The van der Waals surface area contributed by atoms with Crippen molar-refractivity contribution in [3.8, 4) is 0 Å². The highest BCUT2D eigenvalue weighted by Gasteiger charge is 2.28. The number of nitrogens with zero attached hydrogens (tertiary/aromatic N) is 1. The van der Waals surface area contributed by atoms with Gasteiger partial charge in [-0.1, -0.05) is 6.07 Å². The average Bonchev–Trinajstić information content (AvgIpc) is 2.98. The number of carbonyl (C=O) groups is 2. The first-order valence-electron chi connectivity index (χ1n) is 5.99. The molecule has 0 bridgehead atoms. The van der Waals surface area contributed by atoms with Crippen LogP contribution in [0.1, 0.15) is 23.8 Å². The van der Waals surface area contributed by atoms with E-state index >= 15 is 0 Å². The molecule has 2 N–H and O–H groups in total. The molecular formula is C12H17N3O2S. The molecule has 2 heterocycles. The summed E-state index contributed by atoms with van der Waals surface area (Å²) >= 11 is 1.72. The summed E-state index contributed by atoms with van der Waals surface area (Å²) < 4.78 is 0. The second kappa shape index (κ2) is 5.97. The number of imide groups is 1. The van der Waals surface area contributed by atoms with E-state index in [-0.39, 0.29) is 12.5 Å². The van der Waals surface area contributed by atoms with Crippen molar-refractivity contribution in [1.82, 2.24) is 15.5 Å². The van der Waals surface area contributed by atoms with E-state index in [0.717, 1.165) is 19.4 Å². The molecule has 5 nitrogen and oxygen atoms in total. The van der Waals surface area contributed by atoms with Crippen molar-refractivity contribution in [2.45, 2.75) is 18.9 Å². The molecule has 1 aromatic heterocycles. The van der Waals surface area contributed by atoms with Gasteiger partial charge in [-0.25, -0.2) is 4.79 Å². The predicted octanol–water partition coefficient (Wildman–Crippen LogP) is 1.34. The Bertz CT molecular complexity index is 419. The highest BCUT2D eigenvalue weighted by molar-refractivity contribution is 7.10. The van der Waals surface area contributed by atoms with Crippen molar-refractivity contribution in [2.24, 2.45) is 0 Å². The van der Waals surface area contributed by atoms with E-state index in [1.165, 1.54) is 11.9 Å². The van der Waals surface area contributed by atoms with Gasteiger partial charge in [-0.3, -0.25) is 15.0 Å². The maximum absolute atomic E-state index is 11.7. The monoisotopic (exact) mass is 267 g/mol. The molecule has 6 heteroatoms. The average molecular weight is 267 g/mol. The smallest absolute Gasteiger partial charge is 0.321 e. The molecule has 1 atom stereocenters. The van der Waals surface area contributed by atoms with Gasteiger partial charge in [-0.15, -0.1) is 11.3 Å². The molecule has 0 aromatic carbocycles. The zero-order valence-corrected chi connectivity index (χ0v) is 11.1. The molecule has 3 amide bonds. The highest BCUT2D eigenvalue weighted by atomic mass is 32.1. The number of nitrogens with one attached hydrogen (secondary N) is 2. The Morgan fingerprint density at radius 3 is 3.06 bits per heavy atom. The van der Waals surface area contributed by atoms with E-state index in [9.17, 15) is 9.59 Å². The maximum atomic E-state index is 11.7. The van der Waals surface area contributed by atoms with Gasteiger partial charge in [0.1, 0.15) is 0 Å². The van der Waals surface area contributed by atoms with Gasteiger partial charge in [-0.05, 0) is 30.8 Å². The first-order valence-corrected chi connectivity index (χ1v) is 6.87. The predicted molar refractivity (Wildman–Crippen MR) is 70.5 cm³/mol. The standard InChI is InChI=1S/C12H17N3O2S/c1-13-12(17)14-11(16)8-15-6-2-4-9(15)10-5-3-7-18-10/h3,5,7,9H,2,4,6,8H2,1H3,(H2,13,14,16,17). The Labute approximate surface area is 110 Å². The van der Waals surface area contributed by atoms with Gasteiger partial charge >= 0.3 is 6.03 Å². The molecule has 2 rings (SSSR count). The normalized spacial score (nSPS) is 19.7. The van der Waals surface area contributed by atoms with Crippen LogP contribution in [-0.4, -0.2) is 37.0 Å². The van der Waals surface area contributed by atoms with Crippen LogP contribution >= 0.6 is 11.3 Å². The molecule has 0 radical (unpaired) electrons. The van der Waals surface area contributed by atoms with Gasteiger partial charge in [0.25, 0.3) is 0 Å². The fraction of sp³-hybridized carbons (Fsp3) is 0.500. The summed E-state index contributed by atoms with van der Waals surface area (Å²) in [6.07, 6.45) is 2.17. The summed E-state index contributed by atoms with van der Waals surface area (Å²) in [6.45, 7) is 1.18. The maximum Gasteiger partial charge on any atom is 0.321 e. The lowest BCUT2D eigenvalue weighted by Gasteiger charge is -2.22. The Kier molecular flexibility index (Phi) is 4.33. The van der Waals surface area contributed by atoms with Gasteiger partial charge in [-0.2, -0.15) is 0 Å². The van der Waals surface area contributed by atoms with Crippen molar-refractivity contribution in [2.75, 3.05) is 20.1 Å². The lowest BCUT2D eigenvalue weighted by molar-refractivity contribution is -0.121.